The third-order valence-electron chi connectivity index (χ3n) is 6.54. The maximum atomic E-state index is 13.4. The number of hydrazine groups is 1. The van der Waals surface area contributed by atoms with Crippen LogP contribution in [-0.2, 0) is 23.9 Å². The van der Waals surface area contributed by atoms with E-state index in [0.717, 1.165) is 23.5 Å². The highest BCUT2D eigenvalue weighted by atomic mass is 28.3. The number of nitrogens with one attached hydrogen (secondary N) is 2. The summed E-state index contributed by atoms with van der Waals surface area (Å²) in [6.45, 7) is 9.33. The molecule has 0 spiro atoms. The van der Waals surface area contributed by atoms with Crippen molar-refractivity contribution in [2.75, 3.05) is 19.8 Å². The van der Waals surface area contributed by atoms with Gasteiger partial charge in [0.25, 0.3) is 0 Å². The van der Waals surface area contributed by atoms with Gasteiger partial charge in [0.15, 0.2) is 0 Å². The summed E-state index contributed by atoms with van der Waals surface area (Å²) in [5.74, 6) is -2.73. The van der Waals surface area contributed by atoms with Crippen LogP contribution in [0.15, 0.2) is 18.2 Å². The van der Waals surface area contributed by atoms with Crippen molar-refractivity contribution in [1.82, 2.24) is 10.9 Å². The standard InChI is InChI=1S/C24H36N2O6Si/c1-5-10-31-24(30)22-20-17-13-15(28)6-7-16(17)18(14-19(20)26-25-8-9-27)21(22)23(29)32-11-12-33(2,3)4/h6-7,9,13,18-22,25-26,28H,5,8,10-12,14H2,1-4H3/t18?,19?,20-,21-,22-/m1/s1. The van der Waals surface area contributed by atoms with Crippen LogP contribution in [0, 0.1) is 11.8 Å². The summed E-state index contributed by atoms with van der Waals surface area (Å²) < 4.78 is 11.3. The Kier molecular flexibility index (Phi) is 8.31. The van der Waals surface area contributed by atoms with Crippen molar-refractivity contribution in [3.8, 4) is 5.75 Å². The first kappa shape index (κ1) is 25.4. The maximum absolute atomic E-state index is 13.4. The first-order valence-corrected chi connectivity index (χ1v) is 15.5. The molecule has 1 saturated carbocycles. The molecule has 33 heavy (non-hydrogen) atoms. The van der Waals surface area contributed by atoms with E-state index in [2.05, 4.69) is 30.5 Å². The minimum absolute atomic E-state index is 0.107. The lowest BCUT2D eigenvalue weighted by Gasteiger charge is -2.51. The Morgan fingerprint density at radius 3 is 2.48 bits per heavy atom. The van der Waals surface area contributed by atoms with Crippen LogP contribution in [0.4, 0.5) is 0 Å². The Morgan fingerprint density at radius 1 is 1.12 bits per heavy atom. The molecule has 3 aliphatic carbocycles. The van der Waals surface area contributed by atoms with E-state index in [4.69, 9.17) is 9.47 Å². The van der Waals surface area contributed by atoms with E-state index in [9.17, 15) is 19.5 Å². The molecule has 0 heterocycles. The molecule has 0 radical (unpaired) electrons. The van der Waals surface area contributed by atoms with Gasteiger partial charge in [0, 0.05) is 20.0 Å². The van der Waals surface area contributed by atoms with Crippen LogP contribution >= 0.6 is 0 Å². The first-order valence-electron chi connectivity index (χ1n) is 11.8. The van der Waals surface area contributed by atoms with Crippen molar-refractivity contribution in [2.24, 2.45) is 11.8 Å². The minimum atomic E-state index is -1.38. The normalized spacial score (nSPS) is 25.9. The maximum Gasteiger partial charge on any atom is 0.310 e. The van der Waals surface area contributed by atoms with Gasteiger partial charge in [-0.3, -0.25) is 20.4 Å². The average molecular weight is 477 g/mol. The molecule has 0 amide bonds. The Labute approximate surface area is 196 Å². The van der Waals surface area contributed by atoms with Gasteiger partial charge < -0.3 is 19.4 Å². The number of phenols is 1. The van der Waals surface area contributed by atoms with Crippen LogP contribution in [0.5, 0.6) is 5.75 Å². The molecular weight excluding hydrogens is 440 g/mol. The summed E-state index contributed by atoms with van der Waals surface area (Å²) in [7, 11) is -1.38. The molecule has 9 heteroatoms. The van der Waals surface area contributed by atoms with Crippen LogP contribution in [0.25, 0.3) is 0 Å². The molecule has 4 rings (SSSR count). The zero-order valence-corrected chi connectivity index (χ0v) is 20.9. The van der Waals surface area contributed by atoms with Crippen molar-refractivity contribution in [3.05, 3.63) is 29.3 Å². The van der Waals surface area contributed by atoms with Gasteiger partial charge in [0.2, 0.25) is 0 Å². The molecule has 1 aromatic rings. The molecule has 182 valence electrons. The topological polar surface area (TPSA) is 114 Å². The molecule has 1 aromatic carbocycles. The second-order valence-electron chi connectivity index (χ2n) is 10.2. The fraction of sp³-hybridized carbons (Fsp3) is 0.625. The minimum Gasteiger partial charge on any atom is -0.508 e. The zero-order chi connectivity index (χ0) is 24.2. The molecule has 2 bridgehead atoms. The number of benzene rings is 1. The van der Waals surface area contributed by atoms with E-state index in [0.29, 0.717) is 19.4 Å². The number of ether oxygens (including phenoxy) is 2. The molecule has 2 unspecified atom stereocenters. The number of hydrogen-bond donors (Lipinski definition) is 3. The second kappa shape index (κ2) is 10.8. The highest BCUT2D eigenvalue weighted by Gasteiger charge is 2.58. The predicted molar refractivity (Wildman–Crippen MR) is 127 cm³/mol. The lowest BCUT2D eigenvalue weighted by Crippen LogP contribution is -2.58. The highest BCUT2D eigenvalue weighted by molar-refractivity contribution is 6.76. The molecule has 3 aliphatic rings. The third-order valence-corrected chi connectivity index (χ3v) is 8.24. The summed E-state index contributed by atoms with van der Waals surface area (Å²) in [5, 5.41) is 10.2. The second-order valence-corrected chi connectivity index (χ2v) is 15.8. The van der Waals surface area contributed by atoms with E-state index in [-0.39, 0.29) is 36.8 Å². The van der Waals surface area contributed by atoms with Crippen LogP contribution in [0.2, 0.25) is 25.7 Å². The molecule has 0 aliphatic heterocycles. The highest BCUT2D eigenvalue weighted by Crippen LogP contribution is 2.56. The number of aromatic hydroxyl groups is 1. The van der Waals surface area contributed by atoms with Crippen molar-refractivity contribution >= 4 is 26.3 Å². The fourth-order valence-corrected chi connectivity index (χ4v) is 5.76. The Morgan fingerprint density at radius 2 is 1.82 bits per heavy atom. The van der Waals surface area contributed by atoms with Crippen molar-refractivity contribution < 1.29 is 29.0 Å². The Balaban J connectivity index is 1.96. The van der Waals surface area contributed by atoms with Gasteiger partial charge in [-0.25, -0.2) is 0 Å². The molecule has 8 nitrogen and oxygen atoms in total. The smallest absolute Gasteiger partial charge is 0.310 e. The predicted octanol–water partition coefficient (Wildman–Crippen LogP) is 2.71. The fourth-order valence-electron chi connectivity index (χ4n) is 5.05. The Hall–Kier alpha value is -2.23. The number of phenolic OH excluding ortho intramolecular Hbond substituents is 1. The Bertz CT molecular complexity index is 871. The summed E-state index contributed by atoms with van der Waals surface area (Å²) in [4.78, 5) is 37.4. The van der Waals surface area contributed by atoms with Gasteiger partial charge in [-0.05, 0) is 48.1 Å². The van der Waals surface area contributed by atoms with E-state index in [1.807, 2.05) is 13.0 Å². The molecule has 0 aromatic heterocycles. The van der Waals surface area contributed by atoms with Gasteiger partial charge in [-0.15, -0.1) is 0 Å². The number of fused-ring (bicyclic) bond motifs is 2. The molecule has 5 atom stereocenters. The molecule has 1 fully saturated rings. The molecular formula is C24H36N2O6Si. The van der Waals surface area contributed by atoms with E-state index in [1.54, 1.807) is 12.1 Å². The van der Waals surface area contributed by atoms with Crippen LogP contribution in [0.3, 0.4) is 0 Å². The van der Waals surface area contributed by atoms with E-state index >= 15 is 0 Å². The van der Waals surface area contributed by atoms with Crippen molar-refractivity contribution in [3.63, 3.8) is 0 Å². The number of hydrogen-bond acceptors (Lipinski definition) is 8. The van der Waals surface area contributed by atoms with E-state index < -0.39 is 31.8 Å². The lowest BCUT2D eigenvalue weighted by atomic mass is 9.54. The monoisotopic (exact) mass is 476 g/mol. The summed E-state index contributed by atoms with van der Waals surface area (Å²) in [6.07, 6.45) is 2.02. The number of aldehydes is 1. The third kappa shape index (κ3) is 5.83. The van der Waals surface area contributed by atoms with Gasteiger partial charge in [0.1, 0.15) is 12.0 Å². The van der Waals surface area contributed by atoms with Crippen LogP contribution in [0.1, 0.15) is 42.7 Å². The number of rotatable bonds is 11. The van der Waals surface area contributed by atoms with Gasteiger partial charge in [-0.1, -0.05) is 32.6 Å². The van der Waals surface area contributed by atoms with Gasteiger partial charge in [0.05, 0.1) is 31.6 Å². The summed E-state index contributed by atoms with van der Waals surface area (Å²) >= 11 is 0. The number of carbonyl (C=O) groups is 3. The molecule has 0 saturated heterocycles. The number of esters is 2. The quantitative estimate of drug-likeness (QED) is 0.147. The zero-order valence-electron chi connectivity index (χ0n) is 19.9. The van der Waals surface area contributed by atoms with Crippen LogP contribution < -0.4 is 10.9 Å². The summed E-state index contributed by atoms with van der Waals surface area (Å²) in [5.41, 5.74) is 7.84. The van der Waals surface area contributed by atoms with Gasteiger partial charge in [-0.2, -0.15) is 0 Å². The van der Waals surface area contributed by atoms with E-state index in [1.165, 1.54) is 0 Å². The number of carbonyl (C=O) groups excluding carboxylic acids is 3. The van der Waals surface area contributed by atoms with Crippen molar-refractivity contribution in [2.45, 2.75) is 63.3 Å². The largest absolute Gasteiger partial charge is 0.508 e. The summed E-state index contributed by atoms with van der Waals surface area (Å²) in [6, 6.07) is 5.77. The van der Waals surface area contributed by atoms with Crippen LogP contribution in [-0.4, -0.2) is 57.2 Å². The first-order chi connectivity index (χ1) is 15.7. The van der Waals surface area contributed by atoms with Gasteiger partial charge >= 0.3 is 11.9 Å². The lowest BCUT2D eigenvalue weighted by molar-refractivity contribution is -0.166. The van der Waals surface area contributed by atoms with Crippen molar-refractivity contribution in [1.29, 1.82) is 0 Å². The average Bonchev–Trinajstić information content (AvgIpc) is 2.76. The SMILES string of the molecule is CCCOC(=O)[C@H]1[C@H](C(=O)OCC[Si](C)(C)C)C2CC(NNCC=O)[C@H]1c1cc(O)ccc12. The molecule has 3 N–H and O–H groups in total.